The second-order valence-electron chi connectivity index (χ2n) is 4.39. The van der Waals surface area contributed by atoms with Crippen LogP contribution in [0.25, 0.3) is 11.0 Å². The number of rotatable bonds is 3. The van der Waals surface area contributed by atoms with E-state index in [4.69, 9.17) is 5.11 Å². The van der Waals surface area contributed by atoms with E-state index < -0.39 is 5.97 Å². The minimum atomic E-state index is -1.04. The molecule has 1 aromatic carbocycles. The first-order valence-corrected chi connectivity index (χ1v) is 5.85. The number of aryl methyl sites for hydroxylation is 1. The van der Waals surface area contributed by atoms with Gasteiger partial charge in [-0.05, 0) is 18.2 Å². The molecule has 0 amide bonds. The van der Waals surface area contributed by atoms with E-state index >= 15 is 0 Å². The molecule has 0 aliphatic carbocycles. The molecule has 0 aliphatic heterocycles. The number of carbonyl (C=O) groups is 1. The van der Waals surface area contributed by atoms with Crippen LogP contribution in [0.4, 0.5) is 0 Å². The average molecular weight is 273 g/mol. The molecule has 2 N–H and O–H groups in total. The summed E-state index contributed by atoms with van der Waals surface area (Å²) in [6, 6.07) is 4.49. The van der Waals surface area contributed by atoms with Gasteiger partial charge in [0.05, 0.1) is 23.1 Å². The number of aromatic amines is 1. The number of nitrogens with one attached hydrogen (secondary N) is 1. The third kappa shape index (κ3) is 1.96. The topological polar surface area (TPSA) is 106 Å². The molecule has 0 saturated heterocycles. The van der Waals surface area contributed by atoms with E-state index in [1.807, 2.05) is 0 Å². The van der Waals surface area contributed by atoms with Gasteiger partial charge in [0.15, 0.2) is 5.82 Å². The molecule has 0 aliphatic rings. The minimum Gasteiger partial charge on any atom is -0.478 e. The maximum atomic E-state index is 11.9. The molecule has 0 radical (unpaired) electrons. The molecular weight excluding hydrogens is 262 g/mol. The summed E-state index contributed by atoms with van der Waals surface area (Å²) in [5.74, 6) is -0.523. The molecule has 102 valence electrons. The zero-order valence-electron chi connectivity index (χ0n) is 10.6. The van der Waals surface area contributed by atoms with Crippen molar-refractivity contribution in [3.8, 4) is 0 Å². The first-order chi connectivity index (χ1) is 9.54. The average Bonchev–Trinajstić information content (AvgIpc) is 2.94. The lowest BCUT2D eigenvalue weighted by Crippen LogP contribution is -2.18. The zero-order valence-corrected chi connectivity index (χ0v) is 10.6. The van der Waals surface area contributed by atoms with Crippen molar-refractivity contribution in [1.29, 1.82) is 0 Å². The summed E-state index contributed by atoms with van der Waals surface area (Å²) in [4.78, 5) is 29.5. The Morgan fingerprint density at radius 1 is 1.45 bits per heavy atom. The number of aromatic nitrogens is 5. The summed E-state index contributed by atoms with van der Waals surface area (Å²) in [5.41, 5.74) is 0.898. The molecule has 0 fully saturated rings. The highest BCUT2D eigenvalue weighted by Gasteiger charge is 2.11. The maximum Gasteiger partial charge on any atom is 0.335 e. The highest BCUT2D eigenvalue weighted by Crippen LogP contribution is 2.13. The lowest BCUT2D eigenvalue weighted by atomic mass is 10.2. The maximum absolute atomic E-state index is 11.9. The summed E-state index contributed by atoms with van der Waals surface area (Å²) in [6.45, 7) is 0.228. The molecule has 2 aromatic heterocycles. The van der Waals surface area contributed by atoms with Crippen LogP contribution in [-0.2, 0) is 13.6 Å². The van der Waals surface area contributed by atoms with E-state index in [0.717, 1.165) is 0 Å². The number of benzene rings is 1. The van der Waals surface area contributed by atoms with Gasteiger partial charge in [0.1, 0.15) is 6.33 Å². The highest BCUT2D eigenvalue weighted by atomic mass is 16.4. The van der Waals surface area contributed by atoms with Crippen molar-refractivity contribution in [3.05, 3.63) is 46.4 Å². The quantitative estimate of drug-likeness (QED) is 0.709. The van der Waals surface area contributed by atoms with E-state index in [-0.39, 0.29) is 17.8 Å². The van der Waals surface area contributed by atoms with E-state index in [0.29, 0.717) is 16.9 Å². The third-order valence-corrected chi connectivity index (χ3v) is 2.97. The second-order valence-corrected chi connectivity index (χ2v) is 4.39. The van der Waals surface area contributed by atoms with Crippen molar-refractivity contribution in [2.24, 2.45) is 7.05 Å². The number of H-pyrrole nitrogens is 1. The van der Waals surface area contributed by atoms with Gasteiger partial charge < -0.3 is 10.1 Å². The fraction of sp³-hybridized carbons (Fsp3) is 0.167. The van der Waals surface area contributed by atoms with Gasteiger partial charge in [0, 0.05) is 7.05 Å². The van der Waals surface area contributed by atoms with Crippen LogP contribution in [0.3, 0.4) is 0 Å². The number of carboxylic acid groups (broad SMARTS) is 1. The van der Waals surface area contributed by atoms with Gasteiger partial charge in [-0.3, -0.25) is 9.25 Å². The molecule has 0 saturated carbocycles. The van der Waals surface area contributed by atoms with E-state index in [2.05, 4.69) is 15.1 Å². The van der Waals surface area contributed by atoms with Crippen LogP contribution in [0.5, 0.6) is 0 Å². The number of fused-ring (bicyclic) bond motifs is 1. The molecule has 3 rings (SSSR count). The summed E-state index contributed by atoms with van der Waals surface area (Å²) < 4.78 is 3.02. The van der Waals surface area contributed by atoms with E-state index in [9.17, 15) is 9.59 Å². The SMILES string of the molecule is Cn1cnc(Cn2c(=O)[nH]c3cc(C(=O)O)ccc32)n1. The van der Waals surface area contributed by atoms with Crippen molar-refractivity contribution >= 4 is 17.0 Å². The Bertz CT molecular complexity index is 857. The molecular formula is C12H11N5O3. The van der Waals surface area contributed by atoms with E-state index in [1.165, 1.54) is 16.7 Å². The van der Waals surface area contributed by atoms with Gasteiger partial charge in [-0.15, -0.1) is 0 Å². The first kappa shape index (κ1) is 12.2. The molecule has 3 aromatic rings. The largest absolute Gasteiger partial charge is 0.478 e. The molecule has 0 spiro atoms. The Balaban J connectivity index is 2.09. The normalized spacial score (nSPS) is 11.1. The van der Waals surface area contributed by atoms with Gasteiger partial charge in [0.25, 0.3) is 0 Å². The van der Waals surface area contributed by atoms with Crippen LogP contribution in [0.15, 0.2) is 29.3 Å². The number of aromatic carboxylic acids is 1. The fourth-order valence-corrected chi connectivity index (χ4v) is 2.05. The molecule has 0 bridgehead atoms. The zero-order chi connectivity index (χ0) is 14.3. The lowest BCUT2D eigenvalue weighted by Gasteiger charge is -2.00. The summed E-state index contributed by atoms with van der Waals surface area (Å²) in [7, 11) is 1.74. The standard InChI is InChI=1S/C12H11N5O3/c1-16-6-13-10(15-16)5-17-9-3-2-7(11(18)19)4-8(9)14-12(17)20/h2-4,6H,5H2,1H3,(H,14,20)(H,18,19). The predicted molar refractivity (Wildman–Crippen MR) is 69.6 cm³/mol. The van der Waals surface area contributed by atoms with Crippen LogP contribution >= 0.6 is 0 Å². The number of nitrogens with zero attached hydrogens (tertiary/aromatic N) is 4. The van der Waals surface area contributed by atoms with Crippen LogP contribution in [0, 0.1) is 0 Å². The van der Waals surface area contributed by atoms with Crippen molar-refractivity contribution in [2.75, 3.05) is 0 Å². The van der Waals surface area contributed by atoms with Crippen LogP contribution in [0.2, 0.25) is 0 Å². The van der Waals surface area contributed by atoms with Crippen molar-refractivity contribution in [3.63, 3.8) is 0 Å². The number of imidazole rings is 1. The van der Waals surface area contributed by atoms with Crippen molar-refractivity contribution in [1.82, 2.24) is 24.3 Å². The van der Waals surface area contributed by atoms with Gasteiger partial charge >= 0.3 is 11.7 Å². The fourth-order valence-electron chi connectivity index (χ4n) is 2.05. The van der Waals surface area contributed by atoms with Gasteiger partial charge in [0.2, 0.25) is 0 Å². The first-order valence-electron chi connectivity index (χ1n) is 5.85. The lowest BCUT2D eigenvalue weighted by molar-refractivity contribution is 0.0697. The Kier molecular flexibility index (Phi) is 2.63. The molecule has 2 heterocycles. The summed E-state index contributed by atoms with van der Waals surface area (Å²) in [5, 5.41) is 13.1. The Labute approximate surface area is 112 Å². The van der Waals surface area contributed by atoms with Gasteiger partial charge in [-0.1, -0.05) is 0 Å². The summed E-state index contributed by atoms with van der Waals surface area (Å²) >= 11 is 0. The third-order valence-electron chi connectivity index (χ3n) is 2.97. The number of carboxylic acids is 1. The van der Waals surface area contributed by atoms with Gasteiger partial charge in [-0.25, -0.2) is 14.6 Å². The van der Waals surface area contributed by atoms with Crippen LogP contribution < -0.4 is 5.69 Å². The van der Waals surface area contributed by atoms with Crippen LogP contribution in [-0.4, -0.2) is 35.4 Å². The second kappa shape index (κ2) is 4.34. The Morgan fingerprint density at radius 3 is 2.90 bits per heavy atom. The van der Waals surface area contributed by atoms with Crippen molar-refractivity contribution in [2.45, 2.75) is 6.54 Å². The number of hydrogen-bond acceptors (Lipinski definition) is 4. The monoisotopic (exact) mass is 273 g/mol. The smallest absolute Gasteiger partial charge is 0.335 e. The van der Waals surface area contributed by atoms with Crippen LogP contribution in [0.1, 0.15) is 16.2 Å². The molecule has 20 heavy (non-hydrogen) atoms. The van der Waals surface area contributed by atoms with E-state index in [1.54, 1.807) is 24.1 Å². The molecule has 8 heteroatoms. The molecule has 0 atom stereocenters. The predicted octanol–water partition coefficient (Wildman–Crippen LogP) is 0.205. The Morgan fingerprint density at radius 2 is 2.25 bits per heavy atom. The summed E-state index contributed by atoms with van der Waals surface area (Å²) in [6.07, 6.45) is 1.55. The van der Waals surface area contributed by atoms with Gasteiger partial charge in [-0.2, -0.15) is 5.10 Å². The molecule has 8 nitrogen and oxygen atoms in total. The Hall–Kier alpha value is -2.90. The number of hydrogen-bond donors (Lipinski definition) is 2. The minimum absolute atomic E-state index is 0.127. The highest BCUT2D eigenvalue weighted by molar-refractivity contribution is 5.92. The molecule has 0 unspecified atom stereocenters. The van der Waals surface area contributed by atoms with Crippen molar-refractivity contribution < 1.29 is 9.90 Å².